The molecule has 4 rings (SSSR count). The molecule has 0 saturated heterocycles. The van der Waals surface area contributed by atoms with Gasteiger partial charge in [-0.2, -0.15) is 0 Å². The minimum Gasteiger partial charge on any atom is -0.369 e. The Morgan fingerprint density at radius 1 is 0.968 bits per heavy atom. The van der Waals surface area contributed by atoms with Crippen molar-refractivity contribution in [3.8, 4) is 11.3 Å². The zero-order valence-corrected chi connectivity index (χ0v) is 18.1. The second-order valence-corrected chi connectivity index (χ2v) is 7.57. The van der Waals surface area contributed by atoms with Crippen molar-refractivity contribution in [3.05, 3.63) is 78.1 Å². The summed E-state index contributed by atoms with van der Waals surface area (Å²) in [5, 5.41) is 6.77. The van der Waals surface area contributed by atoms with Gasteiger partial charge < -0.3 is 15.2 Å². The molecule has 0 unspecified atom stereocenters. The number of benzene rings is 1. The van der Waals surface area contributed by atoms with Crippen molar-refractivity contribution in [2.75, 3.05) is 17.2 Å². The second-order valence-electron chi connectivity index (χ2n) is 7.57. The van der Waals surface area contributed by atoms with E-state index in [0.29, 0.717) is 5.95 Å². The van der Waals surface area contributed by atoms with Crippen molar-refractivity contribution in [2.45, 2.75) is 33.7 Å². The van der Waals surface area contributed by atoms with Gasteiger partial charge in [0.25, 0.3) is 0 Å². The molecule has 4 aromatic rings. The summed E-state index contributed by atoms with van der Waals surface area (Å²) in [7, 11) is 0. The molecular formula is C24H27N7. The van der Waals surface area contributed by atoms with Gasteiger partial charge in [-0.25, -0.2) is 19.9 Å². The SMILES string of the molecule is Cc1cccc(Nc2ncc(C)c(-c3cccnc3NCCCn3ccnc3C)n2)c1. The van der Waals surface area contributed by atoms with E-state index in [9.17, 15) is 0 Å². The third-order valence-electron chi connectivity index (χ3n) is 5.10. The van der Waals surface area contributed by atoms with Gasteiger partial charge in [-0.1, -0.05) is 12.1 Å². The van der Waals surface area contributed by atoms with Crippen LogP contribution in [0.15, 0.2) is 61.2 Å². The van der Waals surface area contributed by atoms with Crippen molar-refractivity contribution >= 4 is 17.5 Å². The summed E-state index contributed by atoms with van der Waals surface area (Å²) < 4.78 is 2.15. The number of hydrogen-bond acceptors (Lipinski definition) is 6. The number of imidazole rings is 1. The van der Waals surface area contributed by atoms with Crippen LogP contribution in [0.1, 0.15) is 23.4 Å². The van der Waals surface area contributed by atoms with Gasteiger partial charge in [-0.05, 0) is 62.6 Å². The van der Waals surface area contributed by atoms with Crippen LogP contribution in [-0.4, -0.2) is 31.0 Å². The highest BCUT2D eigenvalue weighted by atomic mass is 15.1. The third kappa shape index (κ3) is 5.06. The number of aryl methyl sites for hydroxylation is 4. The quantitative estimate of drug-likeness (QED) is 0.400. The van der Waals surface area contributed by atoms with Gasteiger partial charge in [0.1, 0.15) is 11.6 Å². The molecule has 7 nitrogen and oxygen atoms in total. The van der Waals surface area contributed by atoms with Crippen LogP contribution >= 0.6 is 0 Å². The molecule has 1 aromatic carbocycles. The Balaban J connectivity index is 1.50. The van der Waals surface area contributed by atoms with Crippen LogP contribution in [0.5, 0.6) is 0 Å². The minimum atomic E-state index is 0.566. The number of aromatic nitrogens is 5. The maximum atomic E-state index is 4.79. The average Bonchev–Trinajstić information content (AvgIpc) is 3.18. The zero-order valence-electron chi connectivity index (χ0n) is 18.1. The Morgan fingerprint density at radius 3 is 2.68 bits per heavy atom. The summed E-state index contributed by atoms with van der Waals surface area (Å²) in [4.78, 5) is 18.1. The summed E-state index contributed by atoms with van der Waals surface area (Å²) >= 11 is 0. The lowest BCUT2D eigenvalue weighted by atomic mass is 10.1. The molecular weight excluding hydrogens is 386 g/mol. The lowest BCUT2D eigenvalue weighted by Crippen LogP contribution is -2.09. The van der Waals surface area contributed by atoms with E-state index in [1.807, 2.05) is 56.7 Å². The van der Waals surface area contributed by atoms with Gasteiger partial charge in [-0.3, -0.25) is 0 Å². The van der Waals surface area contributed by atoms with E-state index in [2.05, 4.69) is 49.2 Å². The normalized spacial score (nSPS) is 10.8. The van der Waals surface area contributed by atoms with Crippen LogP contribution in [0.3, 0.4) is 0 Å². The Morgan fingerprint density at radius 2 is 1.87 bits per heavy atom. The number of nitrogens with one attached hydrogen (secondary N) is 2. The first kappa shape index (κ1) is 20.5. The van der Waals surface area contributed by atoms with Gasteiger partial charge in [0.15, 0.2) is 0 Å². The molecule has 0 fully saturated rings. The molecule has 0 aliphatic carbocycles. The van der Waals surface area contributed by atoms with Gasteiger partial charge >= 0.3 is 0 Å². The Labute approximate surface area is 182 Å². The number of nitrogens with zero attached hydrogens (tertiary/aromatic N) is 5. The van der Waals surface area contributed by atoms with Crippen LogP contribution < -0.4 is 10.6 Å². The van der Waals surface area contributed by atoms with Crippen molar-refractivity contribution in [2.24, 2.45) is 0 Å². The van der Waals surface area contributed by atoms with Crippen LogP contribution in [0.4, 0.5) is 17.5 Å². The van der Waals surface area contributed by atoms with E-state index in [4.69, 9.17) is 4.98 Å². The van der Waals surface area contributed by atoms with Crippen LogP contribution in [0.2, 0.25) is 0 Å². The Bertz CT molecular complexity index is 1170. The molecule has 0 saturated carbocycles. The van der Waals surface area contributed by atoms with Crippen molar-refractivity contribution in [1.29, 1.82) is 0 Å². The van der Waals surface area contributed by atoms with Crippen LogP contribution in [0, 0.1) is 20.8 Å². The monoisotopic (exact) mass is 413 g/mol. The average molecular weight is 414 g/mol. The topological polar surface area (TPSA) is 80.5 Å². The molecule has 0 aliphatic rings. The van der Waals surface area contributed by atoms with Crippen LogP contribution in [0.25, 0.3) is 11.3 Å². The molecule has 0 atom stereocenters. The van der Waals surface area contributed by atoms with Crippen molar-refractivity contribution in [3.63, 3.8) is 0 Å². The first-order valence-electron chi connectivity index (χ1n) is 10.4. The minimum absolute atomic E-state index is 0.566. The highest BCUT2D eigenvalue weighted by Crippen LogP contribution is 2.28. The molecule has 0 spiro atoms. The van der Waals surface area contributed by atoms with Crippen molar-refractivity contribution in [1.82, 2.24) is 24.5 Å². The predicted molar refractivity (Wildman–Crippen MR) is 125 cm³/mol. The summed E-state index contributed by atoms with van der Waals surface area (Å²) in [6.45, 7) is 7.82. The lowest BCUT2D eigenvalue weighted by molar-refractivity contribution is 0.642. The van der Waals surface area contributed by atoms with Gasteiger partial charge in [0, 0.05) is 49.1 Å². The Hall–Kier alpha value is -3.74. The fraction of sp³-hybridized carbons (Fsp3) is 0.250. The van der Waals surface area contributed by atoms with Gasteiger partial charge in [-0.15, -0.1) is 0 Å². The third-order valence-corrected chi connectivity index (χ3v) is 5.10. The van der Waals surface area contributed by atoms with Crippen molar-refractivity contribution < 1.29 is 0 Å². The van der Waals surface area contributed by atoms with Gasteiger partial charge in [0.05, 0.1) is 5.69 Å². The molecule has 0 amide bonds. The van der Waals surface area contributed by atoms with Crippen LogP contribution in [-0.2, 0) is 6.54 Å². The van der Waals surface area contributed by atoms with Gasteiger partial charge in [0.2, 0.25) is 5.95 Å². The molecule has 31 heavy (non-hydrogen) atoms. The highest BCUT2D eigenvalue weighted by Gasteiger charge is 2.12. The lowest BCUT2D eigenvalue weighted by Gasteiger charge is -2.14. The summed E-state index contributed by atoms with van der Waals surface area (Å²) in [6.07, 6.45) is 8.46. The number of pyridine rings is 1. The highest BCUT2D eigenvalue weighted by molar-refractivity contribution is 5.75. The van der Waals surface area contributed by atoms with E-state index in [0.717, 1.165) is 53.7 Å². The second kappa shape index (κ2) is 9.38. The summed E-state index contributed by atoms with van der Waals surface area (Å²) in [5.74, 6) is 2.42. The largest absolute Gasteiger partial charge is 0.369 e. The maximum Gasteiger partial charge on any atom is 0.227 e. The molecule has 3 heterocycles. The summed E-state index contributed by atoms with van der Waals surface area (Å²) in [6, 6.07) is 12.1. The Kier molecular flexibility index (Phi) is 6.21. The number of hydrogen-bond donors (Lipinski definition) is 2. The molecule has 158 valence electrons. The van der Waals surface area contributed by atoms with E-state index in [1.165, 1.54) is 5.56 Å². The smallest absolute Gasteiger partial charge is 0.227 e. The molecule has 2 N–H and O–H groups in total. The summed E-state index contributed by atoms with van der Waals surface area (Å²) in [5.41, 5.74) is 4.98. The number of rotatable bonds is 8. The van der Waals surface area contributed by atoms with E-state index < -0.39 is 0 Å². The number of anilines is 3. The molecule has 0 aliphatic heterocycles. The fourth-order valence-corrected chi connectivity index (χ4v) is 3.46. The first-order valence-corrected chi connectivity index (χ1v) is 10.4. The van der Waals surface area contributed by atoms with E-state index >= 15 is 0 Å². The predicted octanol–water partition coefficient (Wildman–Crippen LogP) is 4.91. The fourth-order valence-electron chi connectivity index (χ4n) is 3.46. The van der Waals surface area contributed by atoms with E-state index in [1.54, 1.807) is 6.20 Å². The van der Waals surface area contributed by atoms with E-state index in [-0.39, 0.29) is 0 Å². The first-order chi connectivity index (χ1) is 15.1. The molecule has 3 aromatic heterocycles. The molecule has 0 radical (unpaired) electrons. The maximum absolute atomic E-state index is 4.79. The molecule has 0 bridgehead atoms. The standard InChI is InChI=1S/C24H27N7/c1-17-7-4-8-20(15-17)29-24-28-16-18(2)22(30-24)21-9-5-10-26-23(21)27-11-6-13-31-14-12-25-19(31)3/h4-5,7-10,12,14-16H,6,11,13H2,1-3H3,(H,26,27)(H,28,29,30). The zero-order chi connectivity index (χ0) is 21.6. The molecule has 7 heteroatoms.